The fraction of sp³-hybridized carbons (Fsp3) is 0.548. The zero-order valence-electron chi connectivity index (χ0n) is 32.5. The maximum Gasteiger partial charge on any atom is 0.333 e. The molecule has 12 heteroatoms. The molecule has 0 amide bonds. The molecule has 3 saturated carbocycles. The van der Waals surface area contributed by atoms with Crippen LogP contribution in [-0.4, -0.2) is 67.3 Å². The van der Waals surface area contributed by atoms with Crippen molar-refractivity contribution in [2.45, 2.75) is 116 Å². The van der Waals surface area contributed by atoms with Gasteiger partial charge in [0.1, 0.15) is 34.7 Å². The zero-order chi connectivity index (χ0) is 38.5. The Balaban J connectivity index is 1.44. The molecule has 7 unspecified atom stereocenters. The lowest BCUT2D eigenvalue weighted by atomic mass is 9.44. The second-order valence-corrected chi connectivity index (χ2v) is 17.3. The molecule has 4 aliphatic heterocycles. The molecular weight excluding hydrogens is 752 g/mol. The largest absolute Gasteiger partial charge is 0.482 e. The van der Waals surface area contributed by atoms with Gasteiger partial charge in [-0.15, -0.1) is 5.10 Å². The number of hydrogen-bond donors (Lipinski definition) is 0. The van der Waals surface area contributed by atoms with Crippen molar-refractivity contribution in [3.8, 4) is 17.2 Å². The molecule has 7 aliphatic rings. The van der Waals surface area contributed by atoms with E-state index in [1.54, 1.807) is 19.3 Å². The van der Waals surface area contributed by atoms with Gasteiger partial charge in [-0.3, -0.25) is 4.79 Å². The van der Waals surface area contributed by atoms with Crippen LogP contribution >= 0.6 is 15.9 Å². The smallest absolute Gasteiger partial charge is 0.333 e. The summed E-state index contributed by atoms with van der Waals surface area (Å²) < 4.78 is 35.5. The van der Waals surface area contributed by atoms with Crippen molar-refractivity contribution < 1.29 is 33.3 Å². The zero-order valence-corrected chi connectivity index (χ0v) is 34.1. The summed E-state index contributed by atoms with van der Waals surface area (Å²) in [5, 5.41) is 4.81. The molecule has 6 bridgehead atoms. The van der Waals surface area contributed by atoms with Crippen molar-refractivity contribution in [3.63, 3.8) is 0 Å². The molecular formula is C42H49BrN4O7. The molecule has 1 saturated heterocycles. The summed E-state index contributed by atoms with van der Waals surface area (Å²) in [4.78, 5) is 37.8. The molecule has 3 aliphatic carbocycles. The first-order chi connectivity index (χ1) is 25.6. The van der Waals surface area contributed by atoms with Crippen LogP contribution in [0.3, 0.4) is 0 Å². The number of fused-ring (bicyclic) bond motifs is 5. The standard InChI is InChI=1S/C42H49BrN4O7/c1-22(2)11-10-16-40(8)17-15-26-33(52-40)25(13-12-23(3)4)35-29(34(26)51-20-43)31-30-32(47-21-44-38(45-31)46-47)27-19-28-39(6,7)54-41(36(27)48,42(28,30)53-35)18-14-24(5)37(49)50-9/h11-12,14-15,17,21,27-28,30,32H,10,13,16,18-20H2,1-9H3. The van der Waals surface area contributed by atoms with Gasteiger partial charge in [0.2, 0.25) is 0 Å². The van der Waals surface area contributed by atoms with E-state index in [0.29, 0.717) is 52.9 Å². The minimum atomic E-state index is -1.45. The lowest BCUT2D eigenvalue weighted by molar-refractivity contribution is -0.206. The minimum Gasteiger partial charge on any atom is -0.482 e. The number of esters is 1. The molecule has 7 atom stereocenters. The van der Waals surface area contributed by atoms with Gasteiger partial charge in [0, 0.05) is 29.4 Å². The van der Waals surface area contributed by atoms with Gasteiger partial charge >= 0.3 is 5.97 Å². The molecule has 286 valence electrons. The van der Waals surface area contributed by atoms with E-state index in [2.05, 4.69) is 93.7 Å². The average molecular weight is 802 g/mol. The van der Waals surface area contributed by atoms with Crippen LogP contribution in [0.1, 0.15) is 104 Å². The molecule has 1 aromatic heterocycles. The Kier molecular flexibility index (Phi) is 8.73. The second-order valence-electron chi connectivity index (χ2n) is 16.8. The highest BCUT2D eigenvalue weighted by Gasteiger charge is 2.85. The van der Waals surface area contributed by atoms with E-state index in [9.17, 15) is 4.79 Å². The van der Waals surface area contributed by atoms with Gasteiger partial charge < -0.3 is 23.7 Å². The Morgan fingerprint density at radius 2 is 1.83 bits per heavy atom. The Morgan fingerprint density at radius 1 is 1.07 bits per heavy atom. The maximum absolute atomic E-state index is 15.3. The monoisotopic (exact) mass is 800 g/mol. The fourth-order valence-electron chi connectivity index (χ4n) is 10.2. The number of carbonyl (C=O) groups is 2. The highest BCUT2D eigenvalue weighted by Crippen LogP contribution is 2.73. The topological polar surface area (TPSA) is 123 Å². The highest BCUT2D eigenvalue weighted by atomic mass is 79.9. The van der Waals surface area contributed by atoms with Crippen LogP contribution in [0.15, 0.2) is 52.3 Å². The van der Waals surface area contributed by atoms with Gasteiger partial charge in [-0.2, -0.15) is 4.98 Å². The number of ketones is 1. The lowest BCUT2D eigenvalue weighted by Crippen LogP contribution is -2.78. The van der Waals surface area contributed by atoms with Crippen LogP contribution < -0.4 is 14.2 Å². The first-order valence-corrected chi connectivity index (χ1v) is 20.0. The van der Waals surface area contributed by atoms with E-state index in [1.807, 2.05) is 4.68 Å². The Morgan fingerprint density at radius 3 is 2.54 bits per heavy atom. The number of aromatic nitrogens is 3. The summed E-state index contributed by atoms with van der Waals surface area (Å²) in [7, 11) is 1.35. The number of halogens is 1. The van der Waals surface area contributed by atoms with Gasteiger partial charge in [-0.25, -0.2) is 14.5 Å². The number of hydrogen-bond acceptors (Lipinski definition) is 10. The normalized spacial score (nSPS) is 31.6. The third-order valence-corrected chi connectivity index (χ3v) is 12.7. The molecule has 0 radical (unpaired) electrons. The Hall–Kier alpha value is -4.03. The summed E-state index contributed by atoms with van der Waals surface area (Å²) in [6.45, 7) is 16.3. The quantitative estimate of drug-likeness (QED) is 0.101. The molecule has 54 heavy (non-hydrogen) atoms. The van der Waals surface area contributed by atoms with Gasteiger partial charge in [0.15, 0.2) is 17.0 Å². The predicted molar refractivity (Wildman–Crippen MR) is 208 cm³/mol. The molecule has 4 fully saturated rings. The molecule has 0 N–H and O–H groups in total. The summed E-state index contributed by atoms with van der Waals surface area (Å²) in [6, 6.07) is -0.431. The van der Waals surface area contributed by atoms with E-state index < -0.39 is 46.3 Å². The number of Topliss-reactive ketones (excluding diaryl/α,β-unsaturated/α-hetero) is 1. The molecule has 2 aromatic rings. The average Bonchev–Trinajstić information content (AvgIpc) is 3.56. The van der Waals surface area contributed by atoms with Crippen LogP contribution in [-0.2, 0) is 25.5 Å². The lowest BCUT2D eigenvalue weighted by Gasteiger charge is -2.63. The summed E-state index contributed by atoms with van der Waals surface area (Å²) in [6.07, 6.45) is 14.9. The fourth-order valence-corrected chi connectivity index (χ4v) is 10.4. The van der Waals surface area contributed by atoms with Crippen molar-refractivity contribution in [3.05, 3.63) is 64.0 Å². The van der Waals surface area contributed by atoms with Crippen LogP contribution in [0.5, 0.6) is 17.2 Å². The van der Waals surface area contributed by atoms with Crippen molar-refractivity contribution in [1.82, 2.24) is 14.8 Å². The molecule has 11 nitrogen and oxygen atoms in total. The van der Waals surface area contributed by atoms with Crippen LogP contribution in [0.25, 0.3) is 6.08 Å². The molecule has 9 rings (SSSR count). The maximum atomic E-state index is 15.3. The minimum absolute atomic E-state index is 0.0620. The summed E-state index contributed by atoms with van der Waals surface area (Å²) in [5.74, 6) is 0.460. The number of aliphatic imine (C=N–C) groups is 1. The highest BCUT2D eigenvalue weighted by molar-refractivity contribution is 9.09. The third-order valence-electron chi connectivity index (χ3n) is 12.4. The SMILES string of the molecule is COC(=O)C(C)=CCC12OC(C)(C)C3CC(C1=O)C1C4C(=Nc5ncn1n5)c1c(OCBr)c5c(c(CC=C(C)C)c1OC432)OC(C)(CCC=C(C)C)C=C5. The van der Waals surface area contributed by atoms with Crippen molar-refractivity contribution in [2.75, 3.05) is 12.6 Å². The number of benzene rings is 1. The summed E-state index contributed by atoms with van der Waals surface area (Å²) >= 11 is 3.56. The number of carbonyl (C=O) groups excluding carboxylic acids is 2. The number of rotatable bonds is 10. The van der Waals surface area contributed by atoms with E-state index in [4.69, 9.17) is 33.8 Å². The van der Waals surface area contributed by atoms with Gasteiger partial charge in [0.25, 0.3) is 5.95 Å². The van der Waals surface area contributed by atoms with E-state index in [-0.39, 0.29) is 23.6 Å². The van der Waals surface area contributed by atoms with Crippen LogP contribution in [0.4, 0.5) is 5.95 Å². The van der Waals surface area contributed by atoms with Crippen molar-refractivity contribution >= 4 is 45.4 Å². The molecule has 1 aromatic carbocycles. The second kappa shape index (κ2) is 12.8. The third kappa shape index (κ3) is 5.18. The van der Waals surface area contributed by atoms with E-state index in [1.165, 1.54) is 12.7 Å². The number of alkyl halides is 1. The number of allylic oxidation sites excluding steroid dienone is 4. The first kappa shape index (κ1) is 36.9. The van der Waals surface area contributed by atoms with Crippen molar-refractivity contribution in [1.29, 1.82) is 0 Å². The molecule has 5 heterocycles. The van der Waals surface area contributed by atoms with Gasteiger partial charge in [-0.05, 0) is 109 Å². The van der Waals surface area contributed by atoms with E-state index in [0.717, 1.165) is 29.5 Å². The predicted octanol–water partition coefficient (Wildman–Crippen LogP) is 8.13. The van der Waals surface area contributed by atoms with Gasteiger partial charge in [-0.1, -0.05) is 29.4 Å². The Labute approximate surface area is 325 Å². The van der Waals surface area contributed by atoms with Crippen LogP contribution in [0, 0.1) is 17.8 Å². The van der Waals surface area contributed by atoms with E-state index >= 15 is 4.79 Å². The number of methoxy groups -OCH3 is 1. The van der Waals surface area contributed by atoms with Crippen molar-refractivity contribution in [2.24, 2.45) is 22.7 Å². The first-order valence-electron chi connectivity index (χ1n) is 18.9. The summed E-state index contributed by atoms with van der Waals surface area (Å²) in [5.41, 5.74) is 2.03. The number of ether oxygens (including phenoxy) is 5. The Bertz CT molecular complexity index is 2120. The number of nitrogens with zero attached hydrogens (tertiary/aromatic N) is 4. The van der Waals surface area contributed by atoms with Gasteiger partial charge in [0.05, 0.1) is 41.5 Å². The van der Waals surface area contributed by atoms with Crippen LogP contribution in [0.2, 0.25) is 0 Å². The molecule has 1 spiro atoms.